The van der Waals surface area contributed by atoms with Crippen molar-refractivity contribution in [3.05, 3.63) is 22.6 Å². The van der Waals surface area contributed by atoms with Gasteiger partial charge in [0.05, 0.1) is 6.26 Å². The molecule has 1 heterocycles. The molecule has 0 aliphatic heterocycles. The number of furan rings is 1. The van der Waals surface area contributed by atoms with Gasteiger partial charge in [0.2, 0.25) is 0 Å². The first-order chi connectivity index (χ1) is 5.41. The van der Waals surface area contributed by atoms with E-state index in [0.717, 1.165) is 6.26 Å². The monoisotopic (exact) mass is 243 g/mol. The van der Waals surface area contributed by atoms with Gasteiger partial charge in [-0.05, 0) is 22.0 Å². The lowest BCUT2D eigenvalue weighted by Crippen LogP contribution is -2.27. The Morgan fingerprint density at radius 2 is 2.08 bits per heavy atom. The van der Waals surface area contributed by atoms with Crippen LogP contribution in [0.5, 0.6) is 0 Å². The van der Waals surface area contributed by atoms with E-state index in [0.29, 0.717) is 0 Å². The lowest BCUT2D eigenvalue weighted by atomic mass is 10.1. The summed E-state index contributed by atoms with van der Waals surface area (Å²) in [7, 11) is 0. The summed E-state index contributed by atoms with van der Waals surface area (Å²) in [5.41, 5.74) is 4.79. The molecule has 68 valence electrons. The molecule has 0 saturated heterocycles. The summed E-state index contributed by atoms with van der Waals surface area (Å²) in [4.78, 5) is 0. The predicted octanol–water partition coefficient (Wildman–Crippen LogP) is 2.60. The van der Waals surface area contributed by atoms with Crippen LogP contribution in [-0.2, 0) is 0 Å². The maximum Gasteiger partial charge on any atom is 0.407 e. The van der Waals surface area contributed by atoms with Crippen molar-refractivity contribution >= 4 is 15.9 Å². The maximum atomic E-state index is 12.0. The lowest BCUT2D eigenvalue weighted by molar-refractivity contribution is -0.149. The highest BCUT2D eigenvalue weighted by Gasteiger charge is 2.38. The molecule has 0 aromatic carbocycles. The Kier molecular flexibility index (Phi) is 2.48. The highest BCUT2D eigenvalue weighted by molar-refractivity contribution is 9.10. The normalized spacial score (nSPS) is 14.8. The largest absolute Gasteiger partial charge is 0.457 e. The zero-order valence-corrected chi connectivity index (χ0v) is 7.32. The molecule has 6 heteroatoms. The van der Waals surface area contributed by atoms with E-state index in [2.05, 4.69) is 20.3 Å². The minimum atomic E-state index is -4.43. The van der Waals surface area contributed by atoms with Crippen molar-refractivity contribution in [2.45, 2.75) is 12.2 Å². The second-order valence-electron chi connectivity index (χ2n) is 2.20. The van der Waals surface area contributed by atoms with Crippen LogP contribution in [0.1, 0.15) is 11.6 Å². The third kappa shape index (κ3) is 2.01. The topological polar surface area (TPSA) is 39.2 Å². The van der Waals surface area contributed by atoms with E-state index in [1.807, 2.05) is 0 Å². The summed E-state index contributed by atoms with van der Waals surface area (Å²) >= 11 is 2.88. The minimum Gasteiger partial charge on any atom is -0.457 e. The molecule has 1 rings (SSSR count). The van der Waals surface area contributed by atoms with Crippen LogP contribution in [0.15, 0.2) is 21.4 Å². The predicted molar refractivity (Wildman–Crippen MR) is 39.4 cm³/mol. The van der Waals surface area contributed by atoms with Gasteiger partial charge in [-0.3, -0.25) is 0 Å². The molecule has 2 nitrogen and oxygen atoms in total. The molecule has 1 atom stereocenters. The van der Waals surface area contributed by atoms with Gasteiger partial charge in [-0.2, -0.15) is 13.2 Å². The Labute approximate surface area is 74.7 Å². The third-order valence-electron chi connectivity index (χ3n) is 1.30. The first-order valence-electron chi connectivity index (χ1n) is 2.97. The summed E-state index contributed by atoms with van der Waals surface area (Å²) in [6, 6.07) is -0.787. The van der Waals surface area contributed by atoms with Crippen LogP contribution in [0.3, 0.4) is 0 Å². The molecule has 1 unspecified atom stereocenters. The third-order valence-corrected chi connectivity index (χ3v) is 1.72. The summed E-state index contributed by atoms with van der Waals surface area (Å²) < 4.78 is 40.7. The van der Waals surface area contributed by atoms with Crippen molar-refractivity contribution in [1.29, 1.82) is 0 Å². The van der Waals surface area contributed by atoms with Crippen molar-refractivity contribution < 1.29 is 17.6 Å². The van der Waals surface area contributed by atoms with Gasteiger partial charge in [-0.25, -0.2) is 0 Å². The summed E-state index contributed by atoms with van der Waals surface area (Å²) in [5.74, 6) is 0. The van der Waals surface area contributed by atoms with Gasteiger partial charge >= 0.3 is 6.18 Å². The first kappa shape index (κ1) is 9.60. The van der Waals surface area contributed by atoms with Gasteiger partial charge in [0.25, 0.3) is 0 Å². The summed E-state index contributed by atoms with van der Waals surface area (Å²) in [6.07, 6.45) is -3.45. The number of hydrogen-bond acceptors (Lipinski definition) is 2. The molecule has 0 saturated carbocycles. The molecular formula is C6H5BrF3NO. The van der Waals surface area contributed by atoms with Crippen molar-refractivity contribution in [3.63, 3.8) is 0 Å². The molecule has 0 spiro atoms. The molecule has 1 aromatic rings. The number of alkyl halides is 3. The Balaban J connectivity index is 2.85. The number of halogens is 4. The lowest BCUT2D eigenvalue weighted by Gasteiger charge is -2.12. The molecule has 0 bridgehead atoms. The van der Waals surface area contributed by atoms with Crippen LogP contribution in [0.25, 0.3) is 0 Å². The molecule has 1 aromatic heterocycles. The van der Waals surface area contributed by atoms with Crippen LogP contribution in [0.4, 0.5) is 13.2 Å². The SMILES string of the molecule is NC(c1coc(Br)c1)C(F)(F)F. The van der Waals surface area contributed by atoms with E-state index in [1.165, 1.54) is 6.07 Å². The fraction of sp³-hybridized carbons (Fsp3) is 0.333. The van der Waals surface area contributed by atoms with Crippen LogP contribution in [0.2, 0.25) is 0 Å². The average molecular weight is 244 g/mol. The van der Waals surface area contributed by atoms with Gasteiger partial charge in [-0.1, -0.05) is 0 Å². The van der Waals surface area contributed by atoms with Crippen LogP contribution in [-0.4, -0.2) is 6.18 Å². The van der Waals surface area contributed by atoms with Crippen molar-refractivity contribution in [1.82, 2.24) is 0 Å². The number of rotatable bonds is 1. The van der Waals surface area contributed by atoms with Gasteiger partial charge in [0.15, 0.2) is 4.67 Å². The standard InChI is InChI=1S/C6H5BrF3NO/c7-4-1-3(2-12-4)5(11)6(8,9)10/h1-2,5H,11H2. The zero-order chi connectivity index (χ0) is 9.35. The van der Waals surface area contributed by atoms with Gasteiger partial charge in [-0.15, -0.1) is 0 Å². The fourth-order valence-electron chi connectivity index (χ4n) is 0.675. The first-order valence-corrected chi connectivity index (χ1v) is 3.77. The quantitative estimate of drug-likeness (QED) is 0.824. The Morgan fingerprint density at radius 3 is 2.42 bits per heavy atom. The molecule has 0 radical (unpaired) electrons. The van der Waals surface area contributed by atoms with Gasteiger partial charge in [0, 0.05) is 5.56 Å². The van der Waals surface area contributed by atoms with E-state index in [9.17, 15) is 13.2 Å². The second kappa shape index (κ2) is 3.10. The van der Waals surface area contributed by atoms with Crippen molar-refractivity contribution in [3.8, 4) is 0 Å². The average Bonchev–Trinajstić information content (AvgIpc) is 2.32. The Bertz CT molecular complexity index is 270. The van der Waals surface area contributed by atoms with E-state index >= 15 is 0 Å². The van der Waals surface area contributed by atoms with E-state index < -0.39 is 12.2 Å². The van der Waals surface area contributed by atoms with Crippen LogP contribution in [0, 0.1) is 0 Å². The molecule has 0 fully saturated rings. The van der Waals surface area contributed by atoms with E-state index in [4.69, 9.17) is 5.73 Å². The molecule has 0 aliphatic carbocycles. The van der Waals surface area contributed by atoms with E-state index in [1.54, 1.807) is 0 Å². The summed E-state index contributed by atoms with van der Waals surface area (Å²) in [6.45, 7) is 0. The van der Waals surface area contributed by atoms with Crippen LogP contribution < -0.4 is 5.73 Å². The second-order valence-corrected chi connectivity index (χ2v) is 2.99. The molecule has 0 aliphatic rings. The highest BCUT2D eigenvalue weighted by Crippen LogP contribution is 2.32. The Hall–Kier alpha value is -0.490. The number of nitrogens with two attached hydrogens (primary N) is 1. The molecule has 0 amide bonds. The molecular weight excluding hydrogens is 239 g/mol. The molecule has 2 N–H and O–H groups in total. The molecule has 12 heavy (non-hydrogen) atoms. The van der Waals surface area contributed by atoms with Gasteiger partial charge < -0.3 is 10.2 Å². The Morgan fingerprint density at radius 1 is 1.50 bits per heavy atom. The minimum absolute atomic E-state index is 0.0885. The smallest absolute Gasteiger partial charge is 0.407 e. The van der Waals surface area contributed by atoms with Crippen molar-refractivity contribution in [2.24, 2.45) is 5.73 Å². The summed E-state index contributed by atoms with van der Waals surface area (Å²) in [5, 5.41) is 0. The van der Waals surface area contributed by atoms with E-state index in [-0.39, 0.29) is 10.2 Å². The number of hydrogen-bond donors (Lipinski definition) is 1. The van der Waals surface area contributed by atoms with Gasteiger partial charge in [0.1, 0.15) is 6.04 Å². The maximum absolute atomic E-state index is 12.0. The fourth-order valence-corrected chi connectivity index (χ4v) is 1.03. The highest BCUT2D eigenvalue weighted by atomic mass is 79.9. The van der Waals surface area contributed by atoms with Crippen molar-refractivity contribution in [2.75, 3.05) is 0 Å². The van der Waals surface area contributed by atoms with Crippen LogP contribution >= 0.6 is 15.9 Å². The zero-order valence-electron chi connectivity index (χ0n) is 5.73.